The molecule has 0 amide bonds. The number of hydrogen-bond acceptors (Lipinski definition) is 4. The lowest BCUT2D eigenvalue weighted by Gasteiger charge is -2.40. The Morgan fingerprint density at radius 2 is 1.90 bits per heavy atom. The van der Waals surface area contributed by atoms with Crippen molar-refractivity contribution in [2.24, 2.45) is 5.41 Å². The smallest absolute Gasteiger partial charge is 0.322 e. The minimum absolute atomic E-state index is 0.224. The number of hydrogen-bond donors (Lipinski definition) is 2. The van der Waals surface area contributed by atoms with Crippen molar-refractivity contribution < 1.29 is 14.6 Å². The summed E-state index contributed by atoms with van der Waals surface area (Å²) in [7, 11) is 1.42. The molecule has 0 radical (unpaired) electrons. The van der Waals surface area contributed by atoms with E-state index in [9.17, 15) is 9.90 Å². The summed E-state index contributed by atoms with van der Waals surface area (Å²) in [5, 5.41) is 13.8. The number of esters is 1. The standard InChI is InChI=1S/C16H31NO3/c1-5-6-7-13(14(18)20-4)17-12-16(19)10-8-15(2,3)9-11-16/h13,17,19H,5-12H2,1-4H3. The highest BCUT2D eigenvalue weighted by molar-refractivity contribution is 5.75. The molecular weight excluding hydrogens is 254 g/mol. The van der Waals surface area contributed by atoms with Gasteiger partial charge in [-0.15, -0.1) is 0 Å². The van der Waals surface area contributed by atoms with Crippen molar-refractivity contribution >= 4 is 5.97 Å². The van der Waals surface area contributed by atoms with Gasteiger partial charge in [0.05, 0.1) is 12.7 Å². The van der Waals surface area contributed by atoms with Gasteiger partial charge in [0.15, 0.2) is 0 Å². The Morgan fingerprint density at radius 3 is 2.40 bits per heavy atom. The second kappa shape index (κ2) is 7.41. The predicted octanol–water partition coefficient (Wildman–Crippen LogP) is 2.64. The topological polar surface area (TPSA) is 58.6 Å². The number of carbonyl (C=O) groups is 1. The molecule has 0 aromatic rings. The molecule has 0 aromatic heterocycles. The molecule has 0 saturated heterocycles. The number of methoxy groups -OCH3 is 1. The number of carbonyl (C=O) groups excluding carboxylic acids is 1. The fourth-order valence-corrected chi connectivity index (χ4v) is 2.74. The Labute approximate surface area is 123 Å². The molecule has 4 nitrogen and oxygen atoms in total. The van der Waals surface area contributed by atoms with Gasteiger partial charge in [0.25, 0.3) is 0 Å². The lowest BCUT2D eigenvalue weighted by atomic mass is 9.71. The zero-order valence-electron chi connectivity index (χ0n) is 13.5. The molecule has 0 spiro atoms. The van der Waals surface area contributed by atoms with Crippen LogP contribution < -0.4 is 5.32 Å². The van der Waals surface area contributed by atoms with Gasteiger partial charge >= 0.3 is 5.97 Å². The maximum atomic E-state index is 11.7. The highest BCUT2D eigenvalue weighted by Gasteiger charge is 2.37. The second-order valence-corrected chi connectivity index (χ2v) is 6.99. The lowest BCUT2D eigenvalue weighted by Crippen LogP contribution is -2.49. The maximum Gasteiger partial charge on any atom is 0.322 e. The fourth-order valence-electron chi connectivity index (χ4n) is 2.74. The minimum Gasteiger partial charge on any atom is -0.468 e. The van der Waals surface area contributed by atoms with Crippen molar-refractivity contribution in [3.05, 3.63) is 0 Å². The van der Waals surface area contributed by atoms with E-state index in [4.69, 9.17) is 4.74 Å². The quantitative estimate of drug-likeness (QED) is 0.706. The van der Waals surface area contributed by atoms with E-state index in [0.717, 1.165) is 44.9 Å². The van der Waals surface area contributed by atoms with Crippen LogP contribution in [0.3, 0.4) is 0 Å². The first-order valence-electron chi connectivity index (χ1n) is 7.85. The summed E-state index contributed by atoms with van der Waals surface area (Å²) in [5.74, 6) is -0.224. The minimum atomic E-state index is -0.673. The Hall–Kier alpha value is -0.610. The Bertz CT molecular complexity index is 305. The van der Waals surface area contributed by atoms with Crippen LogP contribution >= 0.6 is 0 Å². The van der Waals surface area contributed by atoms with Crippen molar-refractivity contribution in [3.8, 4) is 0 Å². The number of unbranched alkanes of at least 4 members (excludes halogenated alkanes) is 1. The van der Waals surface area contributed by atoms with Crippen molar-refractivity contribution in [1.29, 1.82) is 0 Å². The van der Waals surface area contributed by atoms with Gasteiger partial charge in [0.1, 0.15) is 6.04 Å². The van der Waals surface area contributed by atoms with Crippen molar-refractivity contribution in [3.63, 3.8) is 0 Å². The van der Waals surface area contributed by atoms with Crippen LogP contribution in [0.5, 0.6) is 0 Å². The van der Waals surface area contributed by atoms with Gasteiger partial charge in [0, 0.05) is 6.54 Å². The molecule has 1 atom stereocenters. The number of ether oxygens (including phenoxy) is 1. The van der Waals surface area contributed by atoms with E-state index >= 15 is 0 Å². The molecule has 4 heteroatoms. The monoisotopic (exact) mass is 285 g/mol. The molecule has 1 rings (SSSR count). The van der Waals surface area contributed by atoms with Crippen LogP contribution in [0.25, 0.3) is 0 Å². The van der Waals surface area contributed by atoms with Crippen LogP contribution in [0, 0.1) is 5.41 Å². The van der Waals surface area contributed by atoms with Gasteiger partial charge in [-0.2, -0.15) is 0 Å². The van der Waals surface area contributed by atoms with Gasteiger partial charge in [0.2, 0.25) is 0 Å². The first-order chi connectivity index (χ1) is 9.32. The first-order valence-corrected chi connectivity index (χ1v) is 7.85. The third kappa shape index (κ3) is 5.41. The van der Waals surface area contributed by atoms with Crippen molar-refractivity contribution in [1.82, 2.24) is 5.32 Å². The highest BCUT2D eigenvalue weighted by atomic mass is 16.5. The molecule has 0 aromatic carbocycles. The van der Waals surface area contributed by atoms with Crippen molar-refractivity contribution in [2.75, 3.05) is 13.7 Å². The summed E-state index contributed by atoms with van der Waals surface area (Å²) in [4.78, 5) is 11.7. The number of nitrogens with one attached hydrogen (secondary N) is 1. The fraction of sp³-hybridized carbons (Fsp3) is 0.938. The van der Waals surface area contributed by atoms with E-state index < -0.39 is 5.60 Å². The van der Waals surface area contributed by atoms with Crippen LogP contribution in [0.1, 0.15) is 65.7 Å². The van der Waals surface area contributed by atoms with Gasteiger partial charge in [-0.3, -0.25) is 4.79 Å². The zero-order valence-corrected chi connectivity index (χ0v) is 13.5. The van der Waals surface area contributed by atoms with Gasteiger partial charge in [-0.05, 0) is 37.5 Å². The van der Waals surface area contributed by atoms with Gasteiger partial charge in [-0.25, -0.2) is 0 Å². The van der Waals surface area contributed by atoms with E-state index in [0.29, 0.717) is 12.0 Å². The third-order valence-electron chi connectivity index (χ3n) is 4.54. The second-order valence-electron chi connectivity index (χ2n) is 6.99. The van der Waals surface area contributed by atoms with Crippen molar-refractivity contribution in [2.45, 2.75) is 77.4 Å². The van der Waals surface area contributed by atoms with Gasteiger partial charge in [-0.1, -0.05) is 33.6 Å². The molecule has 1 unspecified atom stereocenters. The largest absolute Gasteiger partial charge is 0.468 e. The van der Waals surface area contributed by atoms with Crippen LogP contribution in [0.2, 0.25) is 0 Å². The zero-order chi connectivity index (χ0) is 15.2. The van der Waals surface area contributed by atoms with E-state index in [1.165, 1.54) is 7.11 Å². The van der Waals surface area contributed by atoms with Gasteiger partial charge < -0.3 is 15.2 Å². The summed E-state index contributed by atoms with van der Waals surface area (Å²) in [5.41, 5.74) is -0.343. The average Bonchev–Trinajstić information content (AvgIpc) is 2.42. The van der Waals surface area contributed by atoms with E-state index in [1.54, 1.807) is 0 Å². The molecule has 1 aliphatic carbocycles. The van der Waals surface area contributed by atoms with E-state index in [2.05, 4.69) is 26.1 Å². The van der Waals surface area contributed by atoms with Crippen LogP contribution in [0.15, 0.2) is 0 Å². The molecule has 1 fully saturated rings. The summed E-state index contributed by atoms with van der Waals surface area (Å²) in [6.45, 7) is 7.08. The summed E-state index contributed by atoms with van der Waals surface area (Å²) >= 11 is 0. The van der Waals surface area contributed by atoms with Crippen LogP contribution in [-0.2, 0) is 9.53 Å². The SMILES string of the molecule is CCCCC(NCC1(O)CCC(C)(C)CC1)C(=O)OC. The van der Waals surface area contributed by atoms with E-state index in [-0.39, 0.29) is 12.0 Å². The third-order valence-corrected chi connectivity index (χ3v) is 4.54. The molecular formula is C16H31NO3. The summed E-state index contributed by atoms with van der Waals surface area (Å²) in [6.07, 6.45) is 6.46. The Balaban J connectivity index is 2.47. The molecule has 0 aliphatic heterocycles. The molecule has 20 heavy (non-hydrogen) atoms. The normalized spacial score (nSPS) is 22.2. The molecule has 2 N–H and O–H groups in total. The molecule has 0 heterocycles. The average molecular weight is 285 g/mol. The molecule has 1 aliphatic rings. The first kappa shape index (κ1) is 17.4. The predicted molar refractivity (Wildman–Crippen MR) is 80.5 cm³/mol. The van der Waals surface area contributed by atoms with E-state index in [1.807, 2.05) is 0 Å². The lowest BCUT2D eigenvalue weighted by molar-refractivity contribution is -0.143. The van der Waals surface area contributed by atoms with Crippen LogP contribution in [-0.4, -0.2) is 36.4 Å². The Kier molecular flexibility index (Phi) is 6.46. The summed E-state index contributed by atoms with van der Waals surface area (Å²) in [6, 6.07) is -0.293. The Morgan fingerprint density at radius 1 is 1.30 bits per heavy atom. The molecule has 118 valence electrons. The van der Waals surface area contributed by atoms with Crippen LogP contribution in [0.4, 0.5) is 0 Å². The molecule has 1 saturated carbocycles. The summed E-state index contributed by atoms with van der Waals surface area (Å²) < 4.78 is 4.83. The maximum absolute atomic E-state index is 11.7. The highest BCUT2D eigenvalue weighted by Crippen LogP contribution is 2.39. The molecule has 0 bridgehead atoms. The number of aliphatic hydroxyl groups is 1. The number of rotatable bonds is 7.